The molecule has 2 aromatic carbocycles. The highest BCUT2D eigenvalue weighted by molar-refractivity contribution is 7.80. The van der Waals surface area contributed by atoms with Crippen LogP contribution in [0.1, 0.15) is 41.1 Å². The van der Waals surface area contributed by atoms with Crippen molar-refractivity contribution in [1.82, 2.24) is 19.8 Å². The quantitative estimate of drug-likeness (QED) is 0.296. The van der Waals surface area contributed by atoms with Gasteiger partial charge in [-0.25, -0.2) is 0 Å². The van der Waals surface area contributed by atoms with Gasteiger partial charge in [-0.2, -0.15) is 0 Å². The summed E-state index contributed by atoms with van der Waals surface area (Å²) >= 11 is 5.82. The molecule has 0 aliphatic carbocycles. The van der Waals surface area contributed by atoms with E-state index in [1.165, 1.54) is 0 Å². The number of anilines is 1. The summed E-state index contributed by atoms with van der Waals surface area (Å²) in [6.07, 6.45) is 2.09. The molecule has 1 aliphatic heterocycles. The Morgan fingerprint density at radius 1 is 1.05 bits per heavy atom. The second-order valence-corrected chi connectivity index (χ2v) is 9.81. The lowest BCUT2D eigenvalue weighted by atomic mass is 10.0. The number of amides is 1. The van der Waals surface area contributed by atoms with Gasteiger partial charge in [-0.15, -0.1) is 0 Å². The van der Waals surface area contributed by atoms with E-state index in [1.54, 1.807) is 13.3 Å². The van der Waals surface area contributed by atoms with E-state index in [2.05, 4.69) is 44.1 Å². The zero-order valence-corrected chi connectivity index (χ0v) is 22.5. The van der Waals surface area contributed by atoms with Crippen LogP contribution in [0.2, 0.25) is 0 Å². The number of ether oxygens (including phenoxy) is 1. The molecular weight excluding hydrogens is 494 g/mol. The summed E-state index contributed by atoms with van der Waals surface area (Å²) in [7, 11) is 1.66. The van der Waals surface area contributed by atoms with E-state index >= 15 is 0 Å². The highest BCUT2D eigenvalue weighted by Crippen LogP contribution is 2.40. The lowest BCUT2D eigenvalue weighted by Gasteiger charge is -2.29. The van der Waals surface area contributed by atoms with Gasteiger partial charge in [0, 0.05) is 41.9 Å². The lowest BCUT2D eigenvalue weighted by molar-refractivity contribution is -0.116. The Kier molecular flexibility index (Phi) is 7.42. The molecule has 8 heteroatoms. The highest BCUT2D eigenvalue weighted by atomic mass is 32.1. The Bertz CT molecular complexity index is 1430. The van der Waals surface area contributed by atoms with Crippen LogP contribution in [-0.4, -0.2) is 39.1 Å². The number of rotatable bonds is 8. The summed E-state index contributed by atoms with van der Waals surface area (Å²) < 4.78 is 7.60. The number of aromatic nitrogens is 2. The number of nitrogens with zero attached hydrogens (tertiary/aromatic N) is 3. The van der Waals surface area contributed by atoms with Gasteiger partial charge in [-0.1, -0.05) is 18.2 Å². The van der Waals surface area contributed by atoms with Crippen LogP contribution in [-0.2, 0) is 4.79 Å². The second kappa shape index (κ2) is 11.1. The molecule has 5 rings (SSSR count). The van der Waals surface area contributed by atoms with Crippen LogP contribution in [0.4, 0.5) is 5.69 Å². The third kappa shape index (κ3) is 5.26. The van der Waals surface area contributed by atoms with Crippen LogP contribution in [0.25, 0.3) is 5.69 Å². The van der Waals surface area contributed by atoms with E-state index < -0.39 is 0 Å². The minimum atomic E-state index is -0.171. The average Bonchev–Trinajstić information content (AvgIpc) is 3.46. The van der Waals surface area contributed by atoms with Gasteiger partial charge in [-0.05, 0) is 92.3 Å². The molecule has 1 amide bonds. The van der Waals surface area contributed by atoms with Gasteiger partial charge in [-0.3, -0.25) is 9.78 Å². The molecule has 38 heavy (non-hydrogen) atoms. The molecule has 4 aromatic rings. The van der Waals surface area contributed by atoms with Crippen LogP contribution < -0.4 is 15.4 Å². The normalized spacial score (nSPS) is 16.8. The van der Waals surface area contributed by atoms with Crippen LogP contribution in [0.3, 0.4) is 0 Å². The van der Waals surface area contributed by atoms with E-state index in [0.29, 0.717) is 18.1 Å². The first-order valence-corrected chi connectivity index (χ1v) is 13.0. The molecule has 0 spiro atoms. The van der Waals surface area contributed by atoms with Gasteiger partial charge in [0.1, 0.15) is 5.75 Å². The maximum Gasteiger partial charge on any atom is 0.226 e. The predicted octanol–water partition coefficient (Wildman–Crippen LogP) is 5.50. The summed E-state index contributed by atoms with van der Waals surface area (Å²) in [6.45, 7) is 4.56. The third-order valence-electron chi connectivity index (χ3n) is 6.82. The molecule has 0 bridgehead atoms. The minimum Gasteiger partial charge on any atom is -0.497 e. The zero-order valence-electron chi connectivity index (χ0n) is 21.7. The van der Waals surface area contributed by atoms with Crippen molar-refractivity contribution in [2.24, 2.45) is 0 Å². The van der Waals surface area contributed by atoms with Crippen LogP contribution >= 0.6 is 12.2 Å². The van der Waals surface area contributed by atoms with E-state index in [9.17, 15) is 4.79 Å². The monoisotopic (exact) mass is 525 g/mol. The van der Waals surface area contributed by atoms with E-state index in [0.717, 1.165) is 39.8 Å². The van der Waals surface area contributed by atoms with Crippen molar-refractivity contribution in [2.75, 3.05) is 19.0 Å². The van der Waals surface area contributed by atoms with Crippen molar-refractivity contribution in [3.05, 3.63) is 108 Å². The number of hydrogen-bond acceptors (Lipinski definition) is 4. The first kappa shape index (κ1) is 25.5. The predicted molar refractivity (Wildman–Crippen MR) is 154 cm³/mol. The Morgan fingerprint density at radius 2 is 1.87 bits per heavy atom. The zero-order chi connectivity index (χ0) is 26.6. The smallest absolute Gasteiger partial charge is 0.226 e. The molecular formula is C30H31N5O2S. The van der Waals surface area contributed by atoms with E-state index in [4.69, 9.17) is 17.0 Å². The number of methoxy groups -OCH3 is 1. The molecule has 1 aliphatic rings. The molecule has 0 saturated carbocycles. The molecule has 3 heterocycles. The Morgan fingerprint density at radius 3 is 2.58 bits per heavy atom. The fourth-order valence-electron chi connectivity index (χ4n) is 5.01. The molecule has 0 radical (unpaired) electrons. The molecule has 0 unspecified atom stereocenters. The second-order valence-electron chi connectivity index (χ2n) is 9.42. The first-order chi connectivity index (χ1) is 18.4. The topological polar surface area (TPSA) is 71.4 Å². The van der Waals surface area contributed by atoms with Gasteiger partial charge in [0.2, 0.25) is 5.91 Å². The molecule has 194 valence electrons. The standard InChI is InChI=1S/C30H31N5O2S/c1-20-7-6-8-22(19-20)32-27(36)16-18-34-29(28(33-30(34)38)25-9-4-5-17-31-25)26-15-10-21(2)35(26)23-11-13-24(37-3)14-12-23/h4-15,17,19,28-29H,16,18H2,1-3H3,(H,32,36)(H,33,38)/t28-,29+/m0/s1. The van der Waals surface area contributed by atoms with Crippen LogP contribution in [0.15, 0.2) is 85.1 Å². The fourth-order valence-corrected chi connectivity index (χ4v) is 5.34. The largest absolute Gasteiger partial charge is 0.497 e. The number of benzene rings is 2. The first-order valence-electron chi connectivity index (χ1n) is 12.6. The summed E-state index contributed by atoms with van der Waals surface area (Å²) in [6, 6.07) is 25.6. The number of thiocarbonyl (C=S) groups is 1. The number of carbonyl (C=O) groups excluding carboxylic acids is 1. The molecule has 7 nitrogen and oxygen atoms in total. The van der Waals surface area contributed by atoms with Gasteiger partial charge in [0.25, 0.3) is 0 Å². The molecule has 1 saturated heterocycles. The Hall–Kier alpha value is -4.17. The fraction of sp³-hybridized carbons (Fsp3) is 0.233. The number of pyridine rings is 1. The summed E-state index contributed by atoms with van der Waals surface area (Å²) in [5.74, 6) is 0.747. The Labute approximate surface area is 228 Å². The molecule has 1 fully saturated rings. The van der Waals surface area contributed by atoms with Crippen molar-refractivity contribution in [2.45, 2.75) is 32.4 Å². The SMILES string of the molecule is COc1ccc(-n2c(C)ccc2[C@@H]2[C@H](c3ccccn3)NC(=S)N2CCC(=O)Nc2cccc(C)c2)cc1. The maximum absolute atomic E-state index is 12.9. The molecule has 2 N–H and O–H groups in total. The number of hydrogen-bond donors (Lipinski definition) is 2. The van der Waals surface area contributed by atoms with Crippen molar-refractivity contribution >= 4 is 28.9 Å². The third-order valence-corrected chi connectivity index (χ3v) is 7.17. The van der Waals surface area contributed by atoms with Gasteiger partial charge in [0.05, 0.1) is 24.9 Å². The Balaban J connectivity index is 1.47. The van der Waals surface area contributed by atoms with E-state index in [1.807, 2.05) is 73.7 Å². The number of nitrogens with one attached hydrogen (secondary N) is 2. The summed E-state index contributed by atoms with van der Waals surface area (Å²) in [4.78, 5) is 19.7. The number of aryl methyl sites for hydroxylation is 2. The van der Waals surface area contributed by atoms with Crippen molar-refractivity contribution in [1.29, 1.82) is 0 Å². The highest BCUT2D eigenvalue weighted by Gasteiger charge is 2.41. The molecule has 2 aromatic heterocycles. The van der Waals surface area contributed by atoms with Crippen LogP contribution in [0, 0.1) is 13.8 Å². The summed E-state index contributed by atoms with van der Waals surface area (Å²) in [5.41, 5.74) is 5.98. The lowest BCUT2D eigenvalue weighted by Crippen LogP contribution is -2.33. The molecule has 2 atom stereocenters. The summed E-state index contributed by atoms with van der Waals surface area (Å²) in [5, 5.41) is 7.10. The van der Waals surface area contributed by atoms with Crippen molar-refractivity contribution in [3.8, 4) is 11.4 Å². The average molecular weight is 526 g/mol. The van der Waals surface area contributed by atoms with Crippen LogP contribution in [0.5, 0.6) is 5.75 Å². The maximum atomic E-state index is 12.9. The number of carbonyl (C=O) groups is 1. The van der Waals surface area contributed by atoms with Crippen molar-refractivity contribution in [3.63, 3.8) is 0 Å². The van der Waals surface area contributed by atoms with E-state index in [-0.39, 0.29) is 18.0 Å². The van der Waals surface area contributed by atoms with Gasteiger partial charge in [0.15, 0.2) is 5.11 Å². The van der Waals surface area contributed by atoms with Crippen molar-refractivity contribution < 1.29 is 9.53 Å². The minimum absolute atomic E-state index is 0.0554. The van der Waals surface area contributed by atoms with Gasteiger partial charge >= 0.3 is 0 Å². The van der Waals surface area contributed by atoms with Gasteiger partial charge < -0.3 is 24.8 Å².